The lowest BCUT2D eigenvalue weighted by molar-refractivity contribution is 0.0690. The van der Waals surface area contributed by atoms with Crippen LogP contribution in [-0.2, 0) is 5.41 Å². The van der Waals surface area contributed by atoms with E-state index in [9.17, 15) is 4.79 Å². The Hall–Kier alpha value is -1.38. The Bertz CT molecular complexity index is 359. The summed E-state index contributed by atoms with van der Waals surface area (Å²) < 4.78 is 0. The van der Waals surface area contributed by atoms with Gasteiger partial charge in [-0.15, -0.1) is 0 Å². The van der Waals surface area contributed by atoms with E-state index < -0.39 is 5.97 Å². The molecule has 0 fully saturated rings. The van der Waals surface area contributed by atoms with Crippen LogP contribution in [0.2, 0.25) is 0 Å². The van der Waals surface area contributed by atoms with Crippen LogP contribution in [0.25, 0.3) is 0 Å². The molecule has 1 aromatic rings. The van der Waals surface area contributed by atoms with E-state index in [1.807, 2.05) is 6.07 Å². The summed E-state index contributed by atoms with van der Waals surface area (Å²) in [6.45, 7) is 6.52. The second-order valence-corrected chi connectivity index (χ2v) is 4.40. The molecular weight excluding hydrogens is 202 g/mol. The first-order chi connectivity index (χ1) is 7.53. The number of carbonyl (C=O) groups is 1. The zero-order chi connectivity index (χ0) is 12.2. The van der Waals surface area contributed by atoms with Crippen molar-refractivity contribution in [3.8, 4) is 0 Å². The predicted octanol–water partition coefficient (Wildman–Crippen LogP) is 3.25. The lowest BCUT2D eigenvalue weighted by atomic mass is 9.77. The van der Waals surface area contributed by atoms with E-state index in [0.29, 0.717) is 0 Å². The summed E-state index contributed by atoms with van der Waals surface area (Å²) in [5.41, 5.74) is 1.35. The summed E-state index contributed by atoms with van der Waals surface area (Å²) in [6.07, 6.45) is 4.94. The van der Waals surface area contributed by atoms with Gasteiger partial charge in [-0.05, 0) is 29.9 Å². The van der Waals surface area contributed by atoms with Crippen LogP contribution in [-0.4, -0.2) is 16.1 Å². The van der Waals surface area contributed by atoms with E-state index in [-0.39, 0.29) is 11.1 Å². The van der Waals surface area contributed by atoms with E-state index in [1.165, 1.54) is 0 Å². The number of hydrogen-bond donors (Lipinski definition) is 1. The van der Waals surface area contributed by atoms with E-state index in [0.717, 1.165) is 24.8 Å². The summed E-state index contributed by atoms with van der Waals surface area (Å²) in [5, 5.41) is 8.78. The van der Waals surface area contributed by atoms with Gasteiger partial charge in [0.15, 0.2) is 0 Å². The molecule has 0 saturated carbocycles. The molecule has 0 radical (unpaired) electrons. The Kier molecular flexibility index (Phi) is 4.05. The van der Waals surface area contributed by atoms with Crippen LogP contribution in [0.1, 0.15) is 56.1 Å². The minimum absolute atomic E-state index is 0.110. The molecule has 0 bridgehead atoms. The molecule has 0 aromatic carbocycles. The Morgan fingerprint density at radius 1 is 1.44 bits per heavy atom. The van der Waals surface area contributed by atoms with Gasteiger partial charge < -0.3 is 5.11 Å². The monoisotopic (exact) mass is 221 g/mol. The molecule has 1 rings (SSSR count). The van der Waals surface area contributed by atoms with Gasteiger partial charge in [0.05, 0.1) is 0 Å². The molecule has 88 valence electrons. The Balaban J connectivity index is 2.99. The standard InChI is InChI=1S/C13H19NO2/c1-4-8-13(3,5-2)10-6-7-11(12(15)16)14-9-10/h6-7,9H,4-5,8H2,1-3H3,(H,15,16). The number of aromatic carboxylic acids is 1. The van der Waals surface area contributed by atoms with Crippen LogP contribution in [0.4, 0.5) is 0 Å². The van der Waals surface area contributed by atoms with Crippen molar-refractivity contribution in [2.75, 3.05) is 0 Å². The number of pyridine rings is 1. The number of nitrogens with zero attached hydrogens (tertiary/aromatic N) is 1. The third kappa shape index (κ3) is 2.60. The number of carboxylic acids is 1. The third-order valence-electron chi connectivity index (χ3n) is 3.26. The summed E-state index contributed by atoms with van der Waals surface area (Å²) in [6, 6.07) is 3.47. The minimum atomic E-state index is -0.972. The molecule has 1 heterocycles. The topological polar surface area (TPSA) is 50.2 Å². The molecule has 0 aliphatic carbocycles. The lowest BCUT2D eigenvalue weighted by Gasteiger charge is -2.28. The maximum absolute atomic E-state index is 10.7. The van der Waals surface area contributed by atoms with Crippen molar-refractivity contribution in [3.63, 3.8) is 0 Å². The van der Waals surface area contributed by atoms with Crippen LogP contribution in [0.3, 0.4) is 0 Å². The van der Waals surface area contributed by atoms with Crippen molar-refractivity contribution >= 4 is 5.97 Å². The maximum atomic E-state index is 10.7. The Morgan fingerprint density at radius 2 is 2.12 bits per heavy atom. The zero-order valence-corrected chi connectivity index (χ0v) is 10.2. The molecule has 3 heteroatoms. The normalized spacial score (nSPS) is 14.4. The van der Waals surface area contributed by atoms with Crippen molar-refractivity contribution in [1.82, 2.24) is 4.98 Å². The average Bonchev–Trinajstić information content (AvgIpc) is 2.29. The molecule has 1 atom stereocenters. The van der Waals surface area contributed by atoms with Crippen molar-refractivity contribution in [2.45, 2.75) is 45.4 Å². The summed E-state index contributed by atoms with van der Waals surface area (Å²) in [5.74, 6) is -0.972. The molecule has 1 aromatic heterocycles. The zero-order valence-electron chi connectivity index (χ0n) is 10.2. The highest BCUT2D eigenvalue weighted by Gasteiger charge is 2.23. The second-order valence-electron chi connectivity index (χ2n) is 4.40. The second kappa shape index (κ2) is 5.10. The van der Waals surface area contributed by atoms with Crippen molar-refractivity contribution in [1.29, 1.82) is 0 Å². The maximum Gasteiger partial charge on any atom is 0.354 e. The average molecular weight is 221 g/mol. The van der Waals surface area contributed by atoms with Crippen LogP contribution in [0.5, 0.6) is 0 Å². The molecule has 0 amide bonds. The summed E-state index contributed by atoms with van der Waals surface area (Å²) in [7, 11) is 0. The largest absolute Gasteiger partial charge is 0.477 e. The molecule has 16 heavy (non-hydrogen) atoms. The molecule has 0 saturated heterocycles. The third-order valence-corrected chi connectivity index (χ3v) is 3.26. The van der Waals surface area contributed by atoms with E-state index in [1.54, 1.807) is 12.3 Å². The fraction of sp³-hybridized carbons (Fsp3) is 0.538. The molecular formula is C13H19NO2. The number of hydrogen-bond acceptors (Lipinski definition) is 2. The number of carboxylic acid groups (broad SMARTS) is 1. The van der Waals surface area contributed by atoms with E-state index >= 15 is 0 Å². The fourth-order valence-electron chi connectivity index (χ4n) is 1.95. The first-order valence-electron chi connectivity index (χ1n) is 5.73. The lowest BCUT2D eigenvalue weighted by Crippen LogP contribution is -2.21. The van der Waals surface area contributed by atoms with Gasteiger partial charge in [-0.25, -0.2) is 9.78 Å². The van der Waals surface area contributed by atoms with Crippen LogP contribution >= 0.6 is 0 Å². The first-order valence-corrected chi connectivity index (χ1v) is 5.73. The highest BCUT2D eigenvalue weighted by atomic mass is 16.4. The smallest absolute Gasteiger partial charge is 0.354 e. The van der Waals surface area contributed by atoms with Gasteiger partial charge in [-0.3, -0.25) is 0 Å². The van der Waals surface area contributed by atoms with Crippen LogP contribution in [0, 0.1) is 0 Å². The van der Waals surface area contributed by atoms with Crippen molar-refractivity contribution < 1.29 is 9.90 Å². The van der Waals surface area contributed by atoms with Gasteiger partial charge in [0.2, 0.25) is 0 Å². The summed E-state index contributed by atoms with van der Waals surface area (Å²) >= 11 is 0. The van der Waals surface area contributed by atoms with Crippen LogP contribution in [0.15, 0.2) is 18.3 Å². The van der Waals surface area contributed by atoms with Gasteiger partial charge in [0, 0.05) is 6.20 Å². The van der Waals surface area contributed by atoms with E-state index in [2.05, 4.69) is 25.8 Å². The fourth-order valence-corrected chi connectivity index (χ4v) is 1.95. The number of rotatable bonds is 5. The molecule has 1 N–H and O–H groups in total. The van der Waals surface area contributed by atoms with Gasteiger partial charge >= 0.3 is 5.97 Å². The SMILES string of the molecule is CCCC(C)(CC)c1ccc(C(=O)O)nc1. The van der Waals surface area contributed by atoms with Crippen LogP contribution < -0.4 is 0 Å². The van der Waals surface area contributed by atoms with E-state index in [4.69, 9.17) is 5.11 Å². The quantitative estimate of drug-likeness (QED) is 0.830. The molecule has 1 unspecified atom stereocenters. The van der Waals surface area contributed by atoms with Gasteiger partial charge in [-0.1, -0.05) is 33.3 Å². The minimum Gasteiger partial charge on any atom is -0.477 e. The first kappa shape index (κ1) is 12.7. The molecule has 0 aliphatic heterocycles. The molecule has 0 aliphatic rings. The molecule has 3 nitrogen and oxygen atoms in total. The Morgan fingerprint density at radius 3 is 2.50 bits per heavy atom. The highest BCUT2D eigenvalue weighted by Crippen LogP contribution is 2.31. The summed E-state index contributed by atoms with van der Waals surface area (Å²) in [4.78, 5) is 14.7. The van der Waals surface area contributed by atoms with Gasteiger partial charge in [-0.2, -0.15) is 0 Å². The van der Waals surface area contributed by atoms with Gasteiger partial charge in [0.1, 0.15) is 5.69 Å². The van der Waals surface area contributed by atoms with Crippen molar-refractivity contribution in [3.05, 3.63) is 29.6 Å². The predicted molar refractivity (Wildman–Crippen MR) is 63.7 cm³/mol. The Labute approximate surface area is 96.5 Å². The highest BCUT2D eigenvalue weighted by molar-refractivity contribution is 5.85. The number of aromatic nitrogens is 1. The van der Waals surface area contributed by atoms with Gasteiger partial charge in [0.25, 0.3) is 0 Å². The molecule has 0 spiro atoms. The van der Waals surface area contributed by atoms with Crippen molar-refractivity contribution in [2.24, 2.45) is 0 Å².